The first-order chi connectivity index (χ1) is 8.97. The normalized spacial score (nSPS) is 10.2. The van der Waals surface area contributed by atoms with Crippen molar-refractivity contribution in [3.63, 3.8) is 0 Å². The fourth-order valence-electron chi connectivity index (χ4n) is 1.52. The number of nitro benzene ring substituents is 1. The van der Waals surface area contributed by atoms with Gasteiger partial charge in [-0.2, -0.15) is 4.39 Å². The van der Waals surface area contributed by atoms with Crippen molar-refractivity contribution in [1.29, 1.82) is 0 Å². The summed E-state index contributed by atoms with van der Waals surface area (Å²) in [6, 6.07) is 5.12. The third-order valence-corrected chi connectivity index (χ3v) is 2.42. The number of pyridine rings is 1. The second kappa shape index (κ2) is 4.89. The number of hydrogen-bond donors (Lipinski definition) is 1. The molecule has 1 aromatic heterocycles. The van der Waals surface area contributed by atoms with Crippen LogP contribution in [0.3, 0.4) is 0 Å². The highest BCUT2D eigenvalue weighted by Gasteiger charge is 2.17. The van der Waals surface area contributed by atoms with Crippen LogP contribution in [0.25, 0.3) is 0 Å². The van der Waals surface area contributed by atoms with E-state index in [1.807, 2.05) is 0 Å². The van der Waals surface area contributed by atoms with Gasteiger partial charge in [0.2, 0.25) is 5.82 Å². The number of halogens is 1. The van der Waals surface area contributed by atoms with Crippen LogP contribution >= 0.6 is 0 Å². The van der Waals surface area contributed by atoms with E-state index in [9.17, 15) is 14.5 Å². The fraction of sp³-hybridized carbons (Fsp3) is 0.0833. The van der Waals surface area contributed by atoms with Gasteiger partial charge in [-0.15, -0.1) is 0 Å². The molecule has 0 amide bonds. The summed E-state index contributed by atoms with van der Waals surface area (Å²) in [7, 11) is 0. The van der Waals surface area contributed by atoms with Crippen molar-refractivity contribution in [2.24, 2.45) is 0 Å². The van der Waals surface area contributed by atoms with Crippen molar-refractivity contribution >= 4 is 11.5 Å². The van der Waals surface area contributed by atoms with E-state index in [4.69, 9.17) is 10.5 Å². The van der Waals surface area contributed by atoms with Crippen LogP contribution in [-0.4, -0.2) is 9.91 Å². The molecule has 0 aliphatic heterocycles. The molecule has 0 spiro atoms. The Morgan fingerprint density at radius 3 is 2.79 bits per heavy atom. The minimum atomic E-state index is -0.951. The van der Waals surface area contributed by atoms with Crippen molar-refractivity contribution in [3.05, 3.63) is 52.0 Å². The molecule has 0 aliphatic carbocycles. The summed E-state index contributed by atoms with van der Waals surface area (Å²) in [4.78, 5) is 13.6. The highest BCUT2D eigenvalue weighted by Crippen LogP contribution is 2.30. The van der Waals surface area contributed by atoms with E-state index in [1.165, 1.54) is 12.3 Å². The van der Waals surface area contributed by atoms with Crippen LogP contribution in [0.2, 0.25) is 0 Å². The molecule has 1 aromatic carbocycles. The Kier molecular flexibility index (Phi) is 3.28. The first-order valence-corrected chi connectivity index (χ1v) is 5.31. The van der Waals surface area contributed by atoms with Crippen LogP contribution in [0, 0.1) is 22.9 Å². The van der Waals surface area contributed by atoms with Gasteiger partial charge >= 0.3 is 5.69 Å². The van der Waals surface area contributed by atoms with Gasteiger partial charge in [0.05, 0.1) is 4.92 Å². The Morgan fingerprint density at radius 2 is 2.16 bits per heavy atom. The molecule has 98 valence electrons. The molecule has 2 rings (SSSR count). The number of rotatable bonds is 3. The predicted octanol–water partition coefficient (Wildman–Crippen LogP) is 2.81. The van der Waals surface area contributed by atoms with Crippen LogP contribution < -0.4 is 10.5 Å². The minimum Gasteiger partial charge on any atom is -0.457 e. The Bertz CT molecular complexity index is 646. The molecule has 0 saturated heterocycles. The number of aryl methyl sites for hydroxylation is 1. The maximum absolute atomic E-state index is 13.5. The molecule has 0 unspecified atom stereocenters. The van der Waals surface area contributed by atoms with Gasteiger partial charge in [0.15, 0.2) is 0 Å². The van der Waals surface area contributed by atoms with Crippen molar-refractivity contribution < 1.29 is 14.1 Å². The number of benzene rings is 1. The van der Waals surface area contributed by atoms with Crippen LogP contribution in [0.15, 0.2) is 30.5 Å². The number of nitrogens with zero attached hydrogens (tertiary/aromatic N) is 2. The monoisotopic (exact) mass is 263 g/mol. The smallest absolute Gasteiger partial charge is 0.305 e. The molecule has 7 heteroatoms. The number of nitro groups is 1. The summed E-state index contributed by atoms with van der Waals surface area (Å²) in [6.07, 6.45) is 1.45. The molecule has 2 aromatic rings. The fourth-order valence-corrected chi connectivity index (χ4v) is 1.52. The highest BCUT2D eigenvalue weighted by atomic mass is 19.1. The molecular formula is C12H10FN3O3. The number of aromatic nitrogens is 1. The summed E-state index contributed by atoms with van der Waals surface area (Å²) < 4.78 is 18.9. The van der Waals surface area contributed by atoms with Crippen LogP contribution in [-0.2, 0) is 0 Å². The van der Waals surface area contributed by atoms with E-state index >= 15 is 0 Å². The lowest BCUT2D eigenvalue weighted by Crippen LogP contribution is -1.96. The Labute approximate surface area is 107 Å². The average Bonchev–Trinajstić information content (AvgIpc) is 2.33. The zero-order chi connectivity index (χ0) is 14.0. The molecule has 6 nitrogen and oxygen atoms in total. The molecule has 0 fully saturated rings. The summed E-state index contributed by atoms with van der Waals surface area (Å²) in [5, 5.41) is 10.6. The van der Waals surface area contributed by atoms with Crippen LogP contribution in [0.4, 0.5) is 15.9 Å². The maximum Gasteiger partial charge on any atom is 0.305 e. The molecule has 0 aliphatic rings. The van der Waals surface area contributed by atoms with Gasteiger partial charge in [-0.1, -0.05) is 0 Å². The lowest BCUT2D eigenvalue weighted by Gasteiger charge is -2.09. The number of hydrogen-bond acceptors (Lipinski definition) is 5. The molecule has 2 N–H and O–H groups in total. The quantitative estimate of drug-likeness (QED) is 0.679. The first kappa shape index (κ1) is 12.7. The van der Waals surface area contributed by atoms with Gasteiger partial charge in [-0.25, -0.2) is 4.98 Å². The minimum absolute atomic E-state index is 0.189. The van der Waals surface area contributed by atoms with Crippen molar-refractivity contribution in [1.82, 2.24) is 4.98 Å². The topological polar surface area (TPSA) is 91.3 Å². The zero-order valence-corrected chi connectivity index (χ0v) is 9.96. The van der Waals surface area contributed by atoms with Crippen LogP contribution in [0.1, 0.15) is 5.56 Å². The third-order valence-electron chi connectivity index (χ3n) is 2.42. The summed E-state index contributed by atoms with van der Waals surface area (Å²) in [5.41, 5.74) is 5.35. The zero-order valence-electron chi connectivity index (χ0n) is 9.96. The van der Waals surface area contributed by atoms with Gasteiger partial charge in [0.25, 0.3) is 0 Å². The lowest BCUT2D eigenvalue weighted by molar-refractivity contribution is -0.387. The lowest BCUT2D eigenvalue weighted by atomic mass is 10.2. The molecule has 1 heterocycles. The first-order valence-electron chi connectivity index (χ1n) is 5.31. The van der Waals surface area contributed by atoms with Crippen LogP contribution in [0.5, 0.6) is 11.5 Å². The predicted molar refractivity (Wildman–Crippen MR) is 66.5 cm³/mol. The van der Waals surface area contributed by atoms with Crippen molar-refractivity contribution in [2.75, 3.05) is 5.73 Å². The number of nitrogen functional groups attached to an aromatic ring is 1. The van der Waals surface area contributed by atoms with E-state index in [-0.39, 0.29) is 11.6 Å². The van der Waals surface area contributed by atoms with Gasteiger partial charge in [-0.05, 0) is 18.6 Å². The van der Waals surface area contributed by atoms with Gasteiger partial charge < -0.3 is 10.5 Å². The molecule has 0 atom stereocenters. The Hall–Kier alpha value is -2.70. The van der Waals surface area contributed by atoms with Crippen molar-refractivity contribution in [2.45, 2.75) is 6.92 Å². The molecule has 19 heavy (non-hydrogen) atoms. The maximum atomic E-state index is 13.5. The number of nitrogens with two attached hydrogens (primary N) is 1. The summed E-state index contributed by atoms with van der Waals surface area (Å²) in [6.45, 7) is 1.59. The highest BCUT2D eigenvalue weighted by molar-refractivity contribution is 5.47. The second-order valence-electron chi connectivity index (χ2n) is 3.84. The largest absolute Gasteiger partial charge is 0.457 e. The molecule has 0 radical (unpaired) electrons. The van der Waals surface area contributed by atoms with E-state index in [0.29, 0.717) is 11.3 Å². The van der Waals surface area contributed by atoms with Gasteiger partial charge in [0.1, 0.15) is 17.3 Å². The van der Waals surface area contributed by atoms with Gasteiger partial charge in [0, 0.05) is 24.4 Å². The Morgan fingerprint density at radius 1 is 1.42 bits per heavy atom. The second-order valence-corrected chi connectivity index (χ2v) is 3.84. The standard InChI is InChI=1S/C12H10FN3O3/c1-7-4-10(16(17)18)9(13)6-11(7)19-8-2-3-15-12(14)5-8/h2-6H,1H3,(H2,14,15). The third kappa shape index (κ3) is 2.76. The van der Waals surface area contributed by atoms with E-state index in [1.54, 1.807) is 13.0 Å². The summed E-state index contributed by atoms with van der Waals surface area (Å²) in [5.74, 6) is -0.122. The number of ether oxygens (including phenoxy) is 1. The molecule has 0 bridgehead atoms. The van der Waals surface area contributed by atoms with Gasteiger partial charge in [-0.3, -0.25) is 10.1 Å². The Balaban J connectivity index is 2.36. The van der Waals surface area contributed by atoms with E-state index in [2.05, 4.69) is 4.98 Å². The van der Waals surface area contributed by atoms with Crippen molar-refractivity contribution in [3.8, 4) is 11.5 Å². The van der Waals surface area contributed by atoms with E-state index < -0.39 is 16.4 Å². The van der Waals surface area contributed by atoms with E-state index in [0.717, 1.165) is 12.1 Å². The number of anilines is 1. The molecule has 0 saturated carbocycles. The SMILES string of the molecule is Cc1cc([N+](=O)[O-])c(F)cc1Oc1ccnc(N)c1. The summed E-state index contributed by atoms with van der Waals surface area (Å²) >= 11 is 0. The average molecular weight is 263 g/mol. The molecular weight excluding hydrogens is 253 g/mol.